The van der Waals surface area contributed by atoms with Crippen LogP contribution in [0.2, 0.25) is 5.02 Å². The number of carbonyl (C=O) groups is 2. The van der Waals surface area contributed by atoms with Crippen molar-refractivity contribution in [1.29, 1.82) is 0 Å². The number of methoxy groups -OCH3 is 1. The van der Waals surface area contributed by atoms with E-state index in [0.29, 0.717) is 38.5 Å². The van der Waals surface area contributed by atoms with E-state index in [4.69, 9.17) is 13.0 Å². The second-order valence-corrected chi connectivity index (χ2v) is 9.88. The third-order valence-electron chi connectivity index (χ3n) is 6.02. The van der Waals surface area contributed by atoms with E-state index < -0.39 is 12.2 Å². The van der Waals surface area contributed by atoms with Crippen LogP contribution in [0.1, 0.15) is 44.8 Å². The maximum atomic E-state index is 12.4. The Bertz CT molecular complexity index is 1030. The largest absolute Gasteiger partial charge is 0.469 e. The summed E-state index contributed by atoms with van der Waals surface area (Å²) in [6.07, 6.45) is 9.43. The number of thiophene rings is 1. The van der Waals surface area contributed by atoms with Crippen LogP contribution in [0.15, 0.2) is 48.6 Å². The Morgan fingerprint density at radius 2 is 2.21 bits per heavy atom. The lowest BCUT2D eigenvalue weighted by atomic mass is 9.91. The number of hydrogen-bond acceptors (Lipinski definition) is 6. The average Bonchev–Trinajstić information content (AvgIpc) is 3.29. The Hall–Kier alpha value is -1.99. The summed E-state index contributed by atoms with van der Waals surface area (Å²) in [6, 6.07) is 7.98. The molecule has 1 heterocycles. The van der Waals surface area contributed by atoms with Crippen molar-refractivity contribution in [3.63, 3.8) is 0 Å². The molecule has 0 aliphatic heterocycles. The summed E-state index contributed by atoms with van der Waals surface area (Å²) in [5.74, 6) is -0.984. The molecule has 7 heteroatoms. The number of Topliss-reactive ketones (excluding diaryl/α,β-unsaturated/α-hetero) is 1. The van der Waals surface area contributed by atoms with Crippen LogP contribution in [0, 0.1) is 11.8 Å². The van der Waals surface area contributed by atoms with Crippen molar-refractivity contribution in [2.45, 2.75) is 57.2 Å². The SMILES string of the molecule is [2H]COC(=O)CCC/C=C\C[C@H]1C(=O)C(O)C[C@@H]1/C=C/C(O)CCc1sc2ccccc2c1Cl. The second-order valence-electron chi connectivity index (χ2n) is 8.37. The number of fused-ring (bicyclic) bond motifs is 1. The van der Waals surface area contributed by atoms with E-state index in [-0.39, 0.29) is 37.1 Å². The minimum Gasteiger partial charge on any atom is -0.469 e. The summed E-state index contributed by atoms with van der Waals surface area (Å²) < 4.78 is 12.6. The number of ketones is 1. The quantitative estimate of drug-likeness (QED) is 0.254. The highest BCUT2D eigenvalue weighted by Gasteiger charge is 2.39. The fourth-order valence-corrected chi connectivity index (χ4v) is 5.71. The van der Waals surface area contributed by atoms with E-state index in [1.54, 1.807) is 17.4 Å². The fourth-order valence-electron chi connectivity index (χ4n) is 4.17. The summed E-state index contributed by atoms with van der Waals surface area (Å²) in [4.78, 5) is 24.7. The molecule has 2 N–H and O–H groups in total. The number of rotatable bonds is 11. The zero-order valence-electron chi connectivity index (χ0n) is 19.5. The molecule has 0 spiro atoms. The Morgan fingerprint density at radius 3 is 3.00 bits per heavy atom. The summed E-state index contributed by atoms with van der Waals surface area (Å²) in [5, 5.41) is 22.3. The van der Waals surface area contributed by atoms with E-state index in [9.17, 15) is 19.8 Å². The molecule has 1 aliphatic rings. The van der Waals surface area contributed by atoms with Crippen LogP contribution in [0.4, 0.5) is 0 Å². The van der Waals surface area contributed by atoms with Crippen LogP contribution in [0.3, 0.4) is 0 Å². The number of allylic oxidation sites excluding steroid dienone is 3. The number of hydrogen-bond donors (Lipinski definition) is 2. The van der Waals surface area contributed by atoms with Gasteiger partial charge in [0.1, 0.15) is 6.10 Å². The van der Waals surface area contributed by atoms with Gasteiger partial charge in [-0.25, -0.2) is 0 Å². The highest BCUT2D eigenvalue weighted by atomic mass is 35.5. The summed E-state index contributed by atoms with van der Waals surface area (Å²) in [6.45, 7) is 0. The molecule has 2 unspecified atom stereocenters. The van der Waals surface area contributed by atoms with Gasteiger partial charge in [0.25, 0.3) is 0 Å². The van der Waals surface area contributed by atoms with Gasteiger partial charge in [0.15, 0.2) is 5.78 Å². The molecule has 1 aromatic heterocycles. The van der Waals surface area contributed by atoms with Gasteiger partial charge in [0.2, 0.25) is 0 Å². The van der Waals surface area contributed by atoms with Gasteiger partial charge in [0.05, 0.1) is 19.6 Å². The molecule has 4 atom stereocenters. The van der Waals surface area contributed by atoms with E-state index in [0.717, 1.165) is 20.0 Å². The van der Waals surface area contributed by atoms with Crippen LogP contribution in [-0.4, -0.2) is 41.3 Å². The van der Waals surface area contributed by atoms with E-state index in [1.165, 1.54) is 0 Å². The Morgan fingerprint density at radius 1 is 1.39 bits per heavy atom. The molecule has 0 bridgehead atoms. The molecular weight excluding hydrogens is 460 g/mol. The number of unbranched alkanes of at least 4 members (excludes halogenated alkanes) is 1. The minimum absolute atomic E-state index is 0.123. The molecule has 1 fully saturated rings. The lowest BCUT2D eigenvalue weighted by Gasteiger charge is -2.13. The molecule has 33 heavy (non-hydrogen) atoms. The molecule has 2 aromatic rings. The minimum atomic E-state index is -0.970. The van der Waals surface area contributed by atoms with Gasteiger partial charge in [-0.2, -0.15) is 0 Å². The van der Waals surface area contributed by atoms with Crippen molar-refractivity contribution in [1.82, 2.24) is 0 Å². The third-order valence-corrected chi connectivity index (χ3v) is 7.80. The van der Waals surface area contributed by atoms with Crippen LogP contribution in [0.5, 0.6) is 0 Å². The van der Waals surface area contributed by atoms with Gasteiger partial charge in [-0.3, -0.25) is 9.59 Å². The standard InChI is InChI=1S/C26H31ClO5S/c1-32-24(30)11-5-3-2-4-8-19-17(16-21(29)26(19)31)12-13-18(28)14-15-23-25(27)20-9-6-7-10-22(20)33-23/h2,4,6-7,9-10,12-13,17-19,21,28-29H,3,5,8,11,14-16H2,1H3/b4-2-,13-12+/t17-,18?,19+,21?/m0/s1/i1D. The molecule has 1 aromatic carbocycles. The van der Waals surface area contributed by atoms with Crippen molar-refractivity contribution in [2.75, 3.05) is 7.09 Å². The number of aryl methyl sites for hydroxylation is 1. The van der Waals surface area contributed by atoms with Crippen LogP contribution in [-0.2, 0) is 20.7 Å². The van der Waals surface area contributed by atoms with Crippen molar-refractivity contribution in [2.24, 2.45) is 11.8 Å². The van der Waals surface area contributed by atoms with E-state index in [2.05, 4.69) is 4.74 Å². The lowest BCUT2D eigenvalue weighted by Crippen LogP contribution is -2.19. The molecule has 3 rings (SSSR count). The zero-order chi connectivity index (χ0) is 24.5. The molecular formula is C26H31ClO5S. The number of esters is 1. The zero-order valence-corrected chi connectivity index (χ0v) is 20.1. The second kappa shape index (κ2) is 12.5. The molecule has 0 saturated heterocycles. The van der Waals surface area contributed by atoms with Crippen LogP contribution < -0.4 is 0 Å². The van der Waals surface area contributed by atoms with Crippen molar-refractivity contribution in [3.05, 3.63) is 58.5 Å². The van der Waals surface area contributed by atoms with E-state index >= 15 is 0 Å². The van der Waals surface area contributed by atoms with Gasteiger partial charge >= 0.3 is 5.97 Å². The summed E-state index contributed by atoms with van der Waals surface area (Å²) in [7, 11) is -0.358. The van der Waals surface area contributed by atoms with E-state index in [1.807, 2.05) is 42.5 Å². The molecule has 0 radical (unpaired) electrons. The number of halogens is 1. The smallest absolute Gasteiger partial charge is 0.305 e. The molecule has 5 nitrogen and oxygen atoms in total. The molecule has 178 valence electrons. The summed E-state index contributed by atoms with van der Waals surface area (Å²) in [5.41, 5.74) is 0. The number of aliphatic hydroxyl groups excluding tert-OH is 2. The van der Waals surface area contributed by atoms with Crippen molar-refractivity contribution >= 4 is 44.8 Å². The summed E-state index contributed by atoms with van der Waals surface area (Å²) >= 11 is 8.13. The first-order chi connectivity index (χ1) is 16.4. The van der Waals surface area contributed by atoms with Gasteiger partial charge in [-0.1, -0.05) is 54.1 Å². The van der Waals surface area contributed by atoms with Gasteiger partial charge in [-0.05, 0) is 50.5 Å². The lowest BCUT2D eigenvalue weighted by molar-refractivity contribution is -0.140. The van der Waals surface area contributed by atoms with Crippen LogP contribution in [0.25, 0.3) is 10.1 Å². The first kappa shape index (κ1) is 24.1. The Kier molecular flexibility index (Phi) is 9.12. The third kappa shape index (κ3) is 7.00. The number of ether oxygens (including phenoxy) is 1. The van der Waals surface area contributed by atoms with Crippen LogP contribution >= 0.6 is 22.9 Å². The van der Waals surface area contributed by atoms with Crippen molar-refractivity contribution < 1.29 is 25.9 Å². The predicted molar refractivity (Wildman–Crippen MR) is 133 cm³/mol. The Balaban J connectivity index is 1.48. The number of benzene rings is 1. The number of aliphatic hydroxyl groups is 2. The number of carbonyl (C=O) groups excluding carboxylic acids is 2. The first-order valence-corrected chi connectivity index (χ1v) is 12.4. The van der Waals surface area contributed by atoms with Gasteiger partial charge < -0.3 is 14.9 Å². The molecule has 1 saturated carbocycles. The molecule has 1 aliphatic carbocycles. The fraction of sp³-hybridized carbons (Fsp3) is 0.462. The van der Waals surface area contributed by atoms with Gasteiger partial charge in [0, 0.05) is 27.3 Å². The normalized spacial score (nSPS) is 22.5. The highest BCUT2D eigenvalue weighted by molar-refractivity contribution is 7.19. The topological polar surface area (TPSA) is 83.8 Å². The molecule has 0 amide bonds. The van der Waals surface area contributed by atoms with Gasteiger partial charge in [-0.15, -0.1) is 11.3 Å². The highest BCUT2D eigenvalue weighted by Crippen LogP contribution is 2.36. The maximum Gasteiger partial charge on any atom is 0.305 e. The maximum absolute atomic E-state index is 12.4. The van der Waals surface area contributed by atoms with Crippen molar-refractivity contribution in [3.8, 4) is 0 Å². The first-order valence-electron chi connectivity index (χ1n) is 11.9. The predicted octanol–water partition coefficient (Wildman–Crippen LogP) is 5.26. The monoisotopic (exact) mass is 491 g/mol. The average molecular weight is 492 g/mol. The Labute approximate surface area is 205 Å².